The van der Waals surface area contributed by atoms with Gasteiger partial charge in [0.05, 0.1) is 23.3 Å². The SMILES string of the molecule is COC(=O)Cn1c(S[C@H](C)C(=O)NC(=O)NCc2ccccc2)nc2ccccc2c1=O. The Morgan fingerprint density at radius 2 is 1.78 bits per heavy atom. The number of hydrogen-bond acceptors (Lipinski definition) is 7. The van der Waals surface area contributed by atoms with Gasteiger partial charge in [0.25, 0.3) is 5.56 Å². The van der Waals surface area contributed by atoms with Gasteiger partial charge in [-0.25, -0.2) is 9.78 Å². The van der Waals surface area contributed by atoms with Crippen LogP contribution in [-0.4, -0.2) is 39.8 Å². The second-order valence-corrected chi connectivity index (χ2v) is 8.10. The van der Waals surface area contributed by atoms with E-state index in [1.165, 1.54) is 7.11 Å². The molecule has 10 heteroatoms. The summed E-state index contributed by atoms with van der Waals surface area (Å²) in [5, 5.41) is 4.64. The van der Waals surface area contributed by atoms with Crippen molar-refractivity contribution in [1.82, 2.24) is 20.2 Å². The standard InChI is InChI=1S/C22H22N4O5S/c1-14(19(28)25-21(30)23-12-15-8-4-3-5-9-15)32-22-24-17-11-7-6-10-16(17)20(29)26(22)13-18(27)31-2/h3-11,14H,12-13H2,1-2H3,(H2,23,25,28,30)/t14-/m1/s1. The number of urea groups is 1. The first-order valence-electron chi connectivity index (χ1n) is 9.74. The molecule has 1 heterocycles. The van der Waals surface area contributed by atoms with Gasteiger partial charge in [-0.15, -0.1) is 0 Å². The van der Waals surface area contributed by atoms with Crippen LogP contribution in [0, 0.1) is 0 Å². The molecule has 0 aliphatic heterocycles. The number of para-hydroxylation sites is 1. The van der Waals surface area contributed by atoms with Gasteiger partial charge in [-0.05, 0) is 24.6 Å². The fraction of sp³-hybridized carbons (Fsp3) is 0.227. The summed E-state index contributed by atoms with van der Waals surface area (Å²) in [6.45, 7) is 1.50. The Morgan fingerprint density at radius 1 is 1.09 bits per heavy atom. The Bertz CT molecular complexity index is 1200. The normalized spacial score (nSPS) is 11.6. The van der Waals surface area contributed by atoms with E-state index in [0.717, 1.165) is 21.9 Å². The third kappa shape index (κ3) is 5.73. The molecule has 3 aromatic rings. The lowest BCUT2D eigenvalue weighted by Crippen LogP contribution is -2.42. The first-order chi connectivity index (χ1) is 15.4. The molecule has 166 valence electrons. The number of amides is 3. The molecule has 0 bridgehead atoms. The highest BCUT2D eigenvalue weighted by Gasteiger charge is 2.22. The van der Waals surface area contributed by atoms with Gasteiger partial charge >= 0.3 is 12.0 Å². The van der Waals surface area contributed by atoms with Gasteiger partial charge in [-0.1, -0.05) is 54.2 Å². The number of fused-ring (bicyclic) bond motifs is 1. The van der Waals surface area contributed by atoms with E-state index >= 15 is 0 Å². The molecule has 0 saturated carbocycles. The van der Waals surface area contributed by atoms with E-state index in [4.69, 9.17) is 0 Å². The third-order valence-corrected chi connectivity index (χ3v) is 5.62. The highest BCUT2D eigenvalue weighted by molar-refractivity contribution is 8.00. The summed E-state index contributed by atoms with van der Waals surface area (Å²) in [4.78, 5) is 53.7. The first-order valence-corrected chi connectivity index (χ1v) is 10.6. The van der Waals surface area contributed by atoms with E-state index in [2.05, 4.69) is 20.4 Å². The topological polar surface area (TPSA) is 119 Å². The van der Waals surface area contributed by atoms with Crippen molar-refractivity contribution < 1.29 is 19.1 Å². The quantitative estimate of drug-likeness (QED) is 0.319. The second-order valence-electron chi connectivity index (χ2n) is 6.80. The summed E-state index contributed by atoms with van der Waals surface area (Å²) in [6.07, 6.45) is 0. The minimum atomic E-state index is -0.769. The van der Waals surface area contributed by atoms with Gasteiger partial charge in [0.2, 0.25) is 5.91 Å². The van der Waals surface area contributed by atoms with Gasteiger partial charge in [-0.3, -0.25) is 24.3 Å². The van der Waals surface area contributed by atoms with E-state index in [-0.39, 0.29) is 18.2 Å². The summed E-state index contributed by atoms with van der Waals surface area (Å²) in [5.74, 6) is -1.18. The largest absolute Gasteiger partial charge is 0.468 e. The summed E-state index contributed by atoms with van der Waals surface area (Å²) < 4.78 is 5.84. The van der Waals surface area contributed by atoms with E-state index in [1.54, 1.807) is 31.2 Å². The second kappa shape index (κ2) is 10.6. The average Bonchev–Trinajstić information content (AvgIpc) is 2.80. The van der Waals surface area contributed by atoms with Crippen LogP contribution in [0.15, 0.2) is 64.5 Å². The molecule has 3 rings (SSSR count). The molecular formula is C22H22N4O5S. The Balaban J connectivity index is 1.73. The fourth-order valence-electron chi connectivity index (χ4n) is 2.82. The maximum atomic E-state index is 12.9. The Hall–Kier alpha value is -3.66. The Kier molecular flexibility index (Phi) is 7.61. The number of ether oxygens (including phenoxy) is 1. The zero-order chi connectivity index (χ0) is 23.1. The molecule has 9 nitrogen and oxygen atoms in total. The van der Waals surface area contributed by atoms with Gasteiger partial charge in [0.1, 0.15) is 6.54 Å². The molecule has 1 aromatic heterocycles. The lowest BCUT2D eigenvalue weighted by atomic mass is 10.2. The number of aromatic nitrogens is 2. The van der Waals surface area contributed by atoms with Gasteiger partial charge < -0.3 is 10.1 Å². The number of rotatable bonds is 7. The zero-order valence-electron chi connectivity index (χ0n) is 17.5. The lowest BCUT2D eigenvalue weighted by Gasteiger charge is -2.15. The van der Waals surface area contributed by atoms with Gasteiger partial charge in [0, 0.05) is 6.54 Å². The molecular weight excluding hydrogens is 432 g/mol. The number of esters is 1. The first kappa shape index (κ1) is 23.0. The van der Waals surface area contributed by atoms with Crippen LogP contribution in [0.25, 0.3) is 10.9 Å². The van der Waals surface area contributed by atoms with Crippen LogP contribution in [0.2, 0.25) is 0 Å². The van der Waals surface area contributed by atoms with Gasteiger partial charge in [-0.2, -0.15) is 0 Å². The minimum Gasteiger partial charge on any atom is -0.468 e. The van der Waals surface area contributed by atoms with Crippen molar-refractivity contribution in [2.24, 2.45) is 0 Å². The van der Waals surface area contributed by atoms with E-state index in [1.807, 2.05) is 30.3 Å². The van der Waals surface area contributed by atoms with E-state index < -0.39 is 28.7 Å². The van der Waals surface area contributed by atoms with E-state index in [9.17, 15) is 19.2 Å². The number of carbonyl (C=O) groups is 3. The number of nitrogens with one attached hydrogen (secondary N) is 2. The van der Waals surface area contributed by atoms with Gasteiger partial charge in [0.15, 0.2) is 5.16 Å². The van der Waals surface area contributed by atoms with Crippen molar-refractivity contribution in [2.75, 3.05) is 7.11 Å². The molecule has 0 fully saturated rings. The Labute approximate surface area is 188 Å². The van der Waals surface area contributed by atoms with Crippen LogP contribution in [0.4, 0.5) is 4.79 Å². The van der Waals surface area contributed by atoms with Crippen LogP contribution in [0.1, 0.15) is 12.5 Å². The van der Waals surface area contributed by atoms with Crippen molar-refractivity contribution in [3.8, 4) is 0 Å². The van der Waals surface area contributed by atoms with E-state index in [0.29, 0.717) is 10.9 Å². The molecule has 0 unspecified atom stereocenters. The Morgan fingerprint density at radius 3 is 2.50 bits per heavy atom. The molecule has 2 N–H and O–H groups in total. The van der Waals surface area contributed by atoms with Crippen LogP contribution in [-0.2, 0) is 27.4 Å². The fourth-order valence-corrected chi connectivity index (χ4v) is 3.73. The summed E-state index contributed by atoms with van der Waals surface area (Å²) >= 11 is 0.968. The number of benzene rings is 2. The lowest BCUT2D eigenvalue weighted by molar-refractivity contribution is -0.141. The number of methoxy groups -OCH3 is 1. The highest BCUT2D eigenvalue weighted by Crippen LogP contribution is 2.22. The number of nitrogens with zero attached hydrogens (tertiary/aromatic N) is 2. The maximum Gasteiger partial charge on any atom is 0.325 e. The van der Waals surface area contributed by atoms with Crippen LogP contribution in [0.3, 0.4) is 0 Å². The number of imide groups is 1. The monoisotopic (exact) mass is 454 g/mol. The van der Waals surface area contributed by atoms with Crippen LogP contribution >= 0.6 is 11.8 Å². The molecule has 0 aliphatic carbocycles. The molecule has 0 saturated heterocycles. The number of carbonyl (C=O) groups excluding carboxylic acids is 3. The molecule has 32 heavy (non-hydrogen) atoms. The molecule has 0 aliphatic rings. The molecule has 0 radical (unpaired) electrons. The molecule has 3 amide bonds. The van der Waals surface area contributed by atoms with Crippen molar-refractivity contribution in [3.63, 3.8) is 0 Å². The zero-order valence-corrected chi connectivity index (χ0v) is 18.3. The molecule has 0 spiro atoms. The highest BCUT2D eigenvalue weighted by atomic mass is 32.2. The predicted octanol–water partition coefficient (Wildman–Crippen LogP) is 2.08. The average molecular weight is 455 g/mol. The van der Waals surface area contributed by atoms with Crippen molar-refractivity contribution in [1.29, 1.82) is 0 Å². The molecule has 2 aromatic carbocycles. The molecule has 1 atom stereocenters. The van der Waals surface area contributed by atoms with Crippen molar-refractivity contribution >= 4 is 40.6 Å². The van der Waals surface area contributed by atoms with Crippen molar-refractivity contribution in [2.45, 2.75) is 30.4 Å². The van der Waals surface area contributed by atoms with Crippen LogP contribution in [0.5, 0.6) is 0 Å². The minimum absolute atomic E-state index is 0.173. The smallest absolute Gasteiger partial charge is 0.325 e. The maximum absolute atomic E-state index is 12.9. The summed E-state index contributed by atoms with van der Waals surface area (Å²) in [6, 6.07) is 15.4. The number of hydrogen-bond donors (Lipinski definition) is 2. The predicted molar refractivity (Wildman–Crippen MR) is 120 cm³/mol. The summed E-state index contributed by atoms with van der Waals surface area (Å²) in [5.41, 5.74) is 0.913. The van der Waals surface area contributed by atoms with Crippen LogP contribution < -0.4 is 16.2 Å². The summed E-state index contributed by atoms with van der Waals surface area (Å²) in [7, 11) is 1.22. The number of thioether (sulfide) groups is 1. The third-order valence-electron chi connectivity index (χ3n) is 4.53. The van der Waals surface area contributed by atoms with Crippen molar-refractivity contribution in [3.05, 3.63) is 70.5 Å².